The Kier molecular flexibility index (Phi) is 10.4. The Hall–Kier alpha value is -3.23. The van der Waals surface area contributed by atoms with E-state index in [0.29, 0.717) is 0 Å². The fourth-order valence-corrected chi connectivity index (χ4v) is 2.70. The molecule has 1 atom stereocenters. The molecule has 31 heavy (non-hydrogen) atoms. The van der Waals surface area contributed by atoms with E-state index in [-0.39, 0.29) is 38.0 Å². The number of ketones is 1. The topological polar surface area (TPSA) is 139 Å². The average Bonchev–Trinajstić information content (AvgIpc) is 2.68. The predicted molar refractivity (Wildman–Crippen MR) is 112 cm³/mol. The van der Waals surface area contributed by atoms with Crippen LogP contribution in [0.25, 0.3) is 0 Å². The number of carboxylic acids is 1. The minimum atomic E-state index is -1.18. The molecule has 3 N–H and O–H groups in total. The normalized spacial score (nSPS) is 11.8. The molecule has 0 bridgehead atoms. The number of amides is 2. The van der Waals surface area contributed by atoms with Crippen LogP contribution >= 0.6 is 0 Å². The van der Waals surface area contributed by atoms with Crippen molar-refractivity contribution < 1.29 is 33.8 Å². The molecule has 1 rings (SSSR count). The van der Waals surface area contributed by atoms with Gasteiger partial charge in [0.15, 0.2) is 5.78 Å². The lowest BCUT2D eigenvalue weighted by molar-refractivity contribution is -0.155. The van der Waals surface area contributed by atoms with Gasteiger partial charge >= 0.3 is 11.9 Å². The summed E-state index contributed by atoms with van der Waals surface area (Å²) in [5.41, 5.74) is 0.186. The maximum atomic E-state index is 12.4. The molecule has 1 aromatic rings. The Labute approximate surface area is 181 Å². The molecule has 0 radical (unpaired) electrons. The van der Waals surface area contributed by atoms with Crippen LogP contribution in [0.15, 0.2) is 30.3 Å². The summed E-state index contributed by atoms with van der Waals surface area (Å²) in [6.45, 7) is 4.34. The first-order valence-electron chi connectivity index (χ1n) is 10.00. The van der Waals surface area contributed by atoms with E-state index >= 15 is 0 Å². The summed E-state index contributed by atoms with van der Waals surface area (Å²) in [7, 11) is 0. The van der Waals surface area contributed by atoms with Crippen LogP contribution in [-0.2, 0) is 35.1 Å². The van der Waals surface area contributed by atoms with E-state index in [1.807, 2.05) is 6.07 Å². The third-order valence-electron chi connectivity index (χ3n) is 4.04. The predicted octanol–water partition coefficient (Wildman–Crippen LogP) is 1.24. The van der Waals surface area contributed by atoms with Gasteiger partial charge in [0.25, 0.3) is 0 Å². The molecule has 9 nitrogen and oxygen atoms in total. The molecule has 0 aliphatic rings. The molecule has 0 spiro atoms. The number of Topliss-reactive ketones (excluding diaryl/α,β-unsaturated/α-hetero) is 1. The zero-order valence-corrected chi connectivity index (χ0v) is 18.1. The zero-order valence-electron chi connectivity index (χ0n) is 18.1. The van der Waals surface area contributed by atoms with Crippen LogP contribution in [0.2, 0.25) is 0 Å². The SMILES string of the molecule is CC(C)(C)OC(=O)CCC(=O)NCC(=O)C[C@@H](Cc1ccccc1)C(=O)NCC(=O)O. The summed E-state index contributed by atoms with van der Waals surface area (Å²) in [6, 6.07) is 9.03. The number of hydrogen-bond donors (Lipinski definition) is 3. The van der Waals surface area contributed by atoms with Gasteiger partial charge in [-0.3, -0.25) is 24.0 Å². The summed E-state index contributed by atoms with van der Waals surface area (Å²) < 4.78 is 5.12. The van der Waals surface area contributed by atoms with Crippen LogP contribution in [0.5, 0.6) is 0 Å². The Balaban J connectivity index is 2.55. The lowest BCUT2D eigenvalue weighted by Crippen LogP contribution is -2.38. The van der Waals surface area contributed by atoms with Crippen molar-refractivity contribution in [3.05, 3.63) is 35.9 Å². The second-order valence-electron chi connectivity index (χ2n) is 8.10. The van der Waals surface area contributed by atoms with Gasteiger partial charge in [-0.05, 0) is 32.8 Å². The van der Waals surface area contributed by atoms with Crippen LogP contribution < -0.4 is 10.6 Å². The average molecular weight is 434 g/mol. The molecule has 0 aliphatic carbocycles. The van der Waals surface area contributed by atoms with Crippen LogP contribution in [0.1, 0.15) is 45.6 Å². The van der Waals surface area contributed by atoms with Gasteiger partial charge in [-0.2, -0.15) is 0 Å². The number of esters is 1. The van der Waals surface area contributed by atoms with Crippen LogP contribution in [0, 0.1) is 5.92 Å². The van der Waals surface area contributed by atoms with Crippen molar-refractivity contribution in [2.45, 2.75) is 52.1 Å². The second kappa shape index (κ2) is 12.5. The van der Waals surface area contributed by atoms with Gasteiger partial charge in [0.2, 0.25) is 11.8 Å². The third-order valence-corrected chi connectivity index (χ3v) is 4.04. The van der Waals surface area contributed by atoms with E-state index in [0.717, 1.165) is 5.56 Å². The van der Waals surface area contributed by atoms with Crippen LogP contribution in [0.3, 0.4) is 0 Å². The first-order chi connectivity index (χ1) is 14.5. The zero-order chi connectivity index (χ0) is 23.4. The lowest BCUT2D eigenvalue weighted by atomic mass is 9.93. The Morgan fingerprint density at radius 3 is 2.19 bits per heavy atom. The van der Waals surface area contributed by atoms with Crippen molar-refractivity contribution in [3.63, 3.8) is 0 Å². The first-order valence-corrected chi connectivity index (χ1v) is 10.00. The molecule has 0 aromatic heterocycles. The third kappa shape index (κ3) is 12.1. The van der Waals surface area contributed by atoms with E-state index in [9.17, 15) is 24.0 Å². The van der Waals surface area contributed by atoms with Crippen molar-refractivity contribution in [1.82, 2.24) is 10.6 Å². The Bertz CT molecular complexity index is 785. The van der Waals surface area contributed by atoms with E-state index < -0.39 is 41.8 Å². The molecule has 0 heterocycles. The van der Waals surface area contributed by atoms with Gasteiger partial charge in [0, 0.05) is 18.8 Å². The molecule has 0 saturated carbocycles. The standard InChI is InChI=1S/C22H30N2O7/c1-22(2,3)31-20(29)10-9-18(26)23-13-17(25)12-16(21(30)24-14-19(27)28)11-15-7-5-4-6-8-15/h4-8,16H,9-14H2,1-3H3,(H,23,26)(H,24,30)(H,27,28)/t16-/m1/s1. The second-order valence-corrected chi connectivity index (χ2v) is 8.10. The van der Waals surface area contributed by atoms with E-state index in [2.05, 4.69) is 10.6 Å². The van der Waals surface area contributed by atoms with Gasteiger partial charge in [-0.15, -0.1) is 0 Å². The molecular weight excluding hydrogens is 404 g/mol. The van der Waals surface area contributed by atoms with Crippen molar-refractivity contribution >= 4 is 29.5 Å². The lowest BCUT2D eigenvalue weighted by Gasteiger charge is -2.19. The number of carboxylic acid groups (broad SMARTS) is 1. The summed E-state index contributed by atoms with van der Waals surface area (Å²) in [6.07, 6.45) is -0.127. The smallest absolute Gasteiger partial charge is 0.322 e. The highest BCUT2D eigenvalue weighted by molar-refractivity contribution is 5.91. The maximum absolute atomic E-state index is 12.4. The Morgan fingerprint density at radius 2 is 1.61 bits per heavy atom. The molecule has 170 valence electrons. The van der Waals surface area contributed by atoms with Gasteiger partial charge in [-0.25, -0.2) is 0 Å². The molecule has 0 fully saturated rings. The fourth-order valence-electron chi connectivity index (χ4n) is 2.70. The highest BCUT2D eigenvalue weighted by Gasteiger charge is 2.23. The van der Waals surface area contributed by atoms with Crippen molar-refractivity contribution in [2.75, 3.05) is 13.1 Å². The molecule has 9 heteroatoms. The highest BCUT2D eigenvalue weighted by Crippen LogP contribution is 2.13. The number of benzene rings is 1. The number of aliphatic carboxylic acids is 1. The van der Waals surface area contributed by atoms with E-state index in [1.54, 1.807) is 45.0 Å². The highest BCUT2D eigenvalue weighted by atomic mass is 16.6. The van der Waals surface area contributed by atoms with E-state index in [1.165, 1.54) is 0 Å². The van der Waals surface area contributed by atoms with Gasteiger partial charge in [-0.1, -0.05) is 30.3 Å². The summed E-state index contributed by atoms with van der Waals surface area (Å²) in [4.78, 5) is 58.9. The number of ether oxygens (including phenoxy) is 1. The van der Waals surface area contributed by atoms with Gasteiger partial charge in [0.05, 0.1) is 13.0 Å². The van der Waals surface area contributed by atoms with Crippen LogP contribution in [0.4, 0.5) is 0 Å². The molecular formula is C22H30N2O7. The van der Waals surface area contributed by atoms with Gasteiger partial charge in [0.1, 0.15) is 12.1 Å². The van der Waals surface area contributed by atoms with Gasteiger partial charge < -0.3 is 20.5 Å². The number of hydrogen-bond acceptors (Lipinski definition) is 6. The van der Waals surface area contributed by atoms with Crippen molar-refractivity contribution in [1.29, 1.82) is 0 Å². The van der Waals surface area contributed by atoms with Crippen LogP contribution in [-0.4, -0.2) is 53.3 Å². The summed E-state index contributed by atoms with van der Waals surface area (Å²) in [5, 5.41) is 13.5. The quantitative estimate of drug-likeness (QED) is 0.421. The number of rotatable bonds is 12. The molecule has 2 amide bonds. The minimum Gasteiger partial charge on any atom is -0.480 e. The largest absolute Gasteiger partial charge is 0.480 e. The van der Waals surface area contributed by atoms with Crippen molar-refractivity contribution in [3.8, 4) is 0 Å². The minimum absolute atomic E-state index is 0.106. The maximum Gasteiger partial charge on any atom is 0.322 e. The summed E-state index contributed by atoms with van der Waals surface area (Å²) >= 11 is 0. The first kappa shape index (κ1) is 25.8. The monoisotopic (exact) mass is 434 g/mol. The molecule has 0 saturated heterocycles. The molecule has 1 aromatic carbocycles. The number of carbonyl (C=O) groups is 5. The number of nitrogens with one attached hydrogen (secondary N) is 2. The summed E-state index contributed by atoms with van der Waals surface area (Å²) in [5.74, 6) is -3.86. The fraction of sp³-hybridized carbons (Fsp3) is 0.500. The number of carbonyl (C=O) groups excluding carboxylic acids is 4. The molecule has 0 unspecified atom stereocenters. The van der Waals surface area contributed by atoms with Crippen molar-refractivity contribution in [2.24, 2.45) is 5.92 Å². The Morgan fingerprint density at radius 1 is 0.968 bits per heavy atom. The van der Waals surface area contributed by atoms with E-state index in [4.69, 9.17) is 9.84 Å². The molecule has 0 aliphatic heterocycles.